The van der Waals surface area contributed by atoms with E-state index in [9.17, 15) is 4.79 Å². The number of rotatable bonds is 3. The van der Waals surface area contributed by atoms with Gasteiger partial charge in [0.05, 0.1) is 22.3 Å². The summed E-state index contributed by atoms with van der Waals surface area (Å²) in [4.78, 5) is 23.9. The standard InChI is InChI=1S/C15H15N5O/c1-9-7-13(16-2)10(8-17-9)14(21)20-15-18-11-5-3-4-6-12(11)19-15/h3-8H,1-2H3,(H,16,17)(H2,18,19,20,21). The molecule has 0 saturated heterocycles. The van der Waals surface area contributed by atoms with Gasteiger partial charge in [-0.3, -0.25) is 15.1 Å². The van der Waals surface area contributed by atoms with Gasteiger partial charge >= 0.3 is 0 Å². The summed E-state index contributed by atoms with van der Waals surface area (Å²) >= 11 is 0. The first-order valence-corrected chi connectivity index (χ1v) is 6.58. The maximum Gasteiger partial charge on any atom is 0.261 e. The third-order valence-corrected chi connectivity index (χ3v) is 3.18. The van der Waals surface area contributed by atoms with Crippen LogP contribution in [-0.2, 0) is 0 Å². The van der Waals surface area contributed by atoms with Crippen LogP contribution in [0.4, 0.5) is 11.6 Å². The van der Waals surface area contributed by atoms with Crippen LogP contribution in [-0.4, -0.2) is 27.9 Å². The smallest absolute Gasteiger partial charge is 0.261 e. The first-order valence-electron chi connectivity index (χ1n) is 6.58. The van der Waals surface area contributed by atoms with Crippen LogP contribution in [0.2, 0.25) is 0 Å². The Kier molecular flexibility index (Phi) is 3.27. The first kappa shape index (κ1) is 13.1. The molecule has 1 amide bonds. The van der Waals surface area contributed by atoms with Crippen molar-refractivity contribution in [1.29, 1.82) is 0 Å². The quantitative estimate of drug-likeness (QED) is 0.689. The number of nitrogens with one attached hydrogen (secondary N) is 3. The molecule has 2 aromatic heterocycles. The van der Waals surface area contributed by atoms with Crippen molar-refractivity contribution in [1.82, 2.24) is 15.0 Å². The number of imidazole rings is 1. The maximum absolute atomic E-state index is 12.3. The van der Waals surface area contributed by atoms with Gasteiger partial charge in [0, 0.05) is 18.9 Å². The van der Waals surface area contributed by atoms with Crippen molar-refractivity contribution in [2.24, 2.45) is 0 Å². The van der Waals surface area contributed by atoms with E-state index in [1.54, 1.807) is 13.2 Å². The van der Waals surface area contributed by atoms with Gasteiger partial charge in [0.2, 0.25) is 5.95 Å². The van der Waals surface area contributed by atoms with Gasteiger partial charge in [-0.2, -0.15) is 0 Å². The molecule has 2 heterocycles. The number of nitrogens with zero attached hydrogens (tertiary/aromatic N) is 2. The molecule has 3 aromatic rings. The number of fused-ring (bicyclic) bond motifs is 1. The van der Waals surface area contributed by atoms with Crippen molar-refractivity contribution in [3.8, 4) is 0 Å². The summed E-state index contributed by atoms with van der Waals surface area (Å²) in [7, 11) is 1.77. The monoisotopic (exact) mass is 281 g/mol. The highest BCUT2D eigenvalue weighted by atomic mass is 16.1. The lowest BCUT2D eigenvalue weighted by atomic mass is 10.2. The minimum Gasteiger partial charge on any atom is -0.387 e. The maximum atomic E-state index is 12.3. The van der Waals surface area contributed by atoms with Crippen LogP contribution in [0.15, 0.2) is 36.5 Å². The third-order valence-electron chi connectivity index (χ3n) is 3.18. The second-order valence-corrected chi connectivity index (χ2v) is 4.68. The fraction of sp³-hybridized carbons (Fsp3) is 0.133. The van der Waals surface area contributed by atoms with Gasteiger partial charge in [-0.1, -0.05) is 12.1 Å². The lowest BCUT2D eigenvalue weighted by molar-refractivity contribution is 0.102. The van der Waals surface area contributed by atoms with Crippen LogP contribution in [0.5, 0.6) is 0 Å². The highest BCUT2D eigenvalue weighted by molar-refractivity contribution is 6.07. The van der Waals surface area contributed by atoms with Gasteiger partial charge in [-0.05, 0) is 25.1 Å². The molecule has 6 heteroatoms. The summed E-state index contributed by atoms with van der Waals surface area (Å²) in [5.74, 6) is 0.162. The van der Waals surface area contributed by atoms with E-state index in [0.717, 1.165) is 22.4 Å². The number of aromatic amines is 1. The molecule has 0 aliphatic carbocycles. The molecule has 21 heavy (non-hydrogen) atoms. The number of aromatic nitrogens is 3. The van der Waals surface area contributed by atoms with Crippen molar-refractivity contribution in [3.05, 3.63) is 47.8 Å². The number of pyridine rings is 1. The lowest BCUT2D eigenvalue weighted by Gasteiger charge is -2.08. The highest BCUT2D eigenvalue weighted by Crippen LogP contribution is 2.18. The molecule has 0 aliphatic heterocycles. The fourth-order valence-corrected chi connectivity index (χ4v) is 2.13. The Morgan fingerprint density at radius 2 is 2.10 bits per heavy atom. The van der Waals surface area contributed by atoms with E-state index < -0.39 is 0 Å². The lowest BCUT2D eigenvalue weighted by Crippen LogP contribution is -2.15. The predicted molar refractivity (Wildman–Crippen MR) is 82.6 cm³/mol. The Morgan fingerprint density at radius 3 is 2.86 bits per heavy atom. The van der Waals surface area contributed by atoms with Crippen LogP contribution < -0.4 is 10.6 Å². The van der Waals surface area contributed by atoms with Crippen molar-refractivity contribution in [2.75, 3.05) is 17.7 Å². The Morgan fingerprint density at radius 1 is 1.29 bits per heavy atom. The normalized spacial score (nSPS) is 10.6. The molecule has 0 unspecified atom stereocenters. The molecule has 106 valence electrons. The number of H-pyrrole nitrogens is 1. The van der Waals surface area contributed by atoms with Crippen molar-refractivity contribution >= 4 is 28.6 Å². The summed E-state index contributed by atoms with van der Waals surface area (Å²) < 4.78 is 0. The molecule has 0 fully saturated rings. The van der Waals surface area contributed by atoms with Gasteiger partial charge in [-0.15, -0.1) is 0 Å². The van der Waals surface area contributed by atoms with Crippen LogP contribution in [0.3, 0.4) is 0 Å². The van der Waals surface area contributed by atoms with Crippen molar-refractivity contribution < 1.29 is 4.79 Å². The number of carbonyl (C=O) groups excluding carboxylic acids is 1. The number of amides is 1. The number of anilines is 2. The number of para-hydroxylation sites is 2. The fourth-order valence-electron chi connectivity index (χ4n) is 2.13. The molecule has 6 nitrogen and oxygen atoms in total. The Bertz CT molecular complexity index is 776. The topological polar surface area (TPSA) is 82.7 Å². The second kappa shape index (κ2) is 5.24. The summed E-state index contributed by atoms with van der Waals surface area (Å²) in [6, 6.07) is 9.43. The minimum absolute atomic E-state index is 0.258. The SMILES string of the molecule is CNc1cc(C)ncc1C(=O)Nc1nc2ccccc2[nH]1. The average Bonchev–Trinajstić information content (AvgIpc) is 2.88. The van der Waals surface area contributed by atoms with Crippen LogP contribution in [0.1, 0.15) is 16.1 Å². The molecule has 3 rings (SSSR count). The van der Waals surface area contributed by atoms with E-state index in [1.807, 2.05) is 37.3 Å². The van der Waals surface area contributed by atoms with E-state index in [2.05, 4.69) is 25.6 Å². The first-order chi connectivity index (χ1) is 10.2. The zero-order valence-electron chi connectivity index (χ0n) is 11.8. The Balaban J connectivity index is 1.89. The molecule has 3 N–H and O–H groups in total. The van der Waals surface area contributed by atoms with E-state index in [0.29, 0.717) is 11.5 Å². The van der Waals surface area contributed by atoms with Crippen molar-refractivity contribution in [3.63, 3.8) is 0 Å². The molecule has 0 aliphatic rings. The van der Waals surface area contributed by atoms with E-state index in [1.165, 1.54) is 0 Å². The van der Waals surface area contributed by atoms with E-state index in [4.69, 9.17) is 0 Å². The van der Waals surface area contributed by atoms with Gasteiger partial charge in [-0.25, -0.2) is 4.98 Å². The number of carbonyl (C=O) groups is 1. The van der Waals surface area contributed by atoms with Crippen LogP contribution in [0, 0.1) is 6.92 Å². The van der Waals surface area contributed by atoms with E-state index >= 15 is 0 Å². The second-order valence-electron chi connectivity index (χ2n) is 4.68. The summed E-state index contributed by atoms with van der Waals surface area (Å²) in [6.45, 7) is 1.88. The Labute approximate surface area is 121 Å². The van der Waals surface area contributed by atoms with Gasteiger partial charge in [0.1, 0.15) is 0 Å². The van der Waals surface area contributed by atoms with Crippen LogP contribution in [0.25, 0.3) is 11.0 Å². The molecular formula is C15H15N5O. The molecule has 1 aromatic carbocycles. The largest absolute Gasteiger partial charge is 0.387 e. The van der Waals surface area contributed by atoms with Gasteiger partial charge in [0.25, 0.3) is 5.91 Å². The number of aryl methyl sites for hydroxylation is 1. The van der Waals surface area contributed by atoms with E-state index in [-0.39, 0.29) is 5.91 Å². The zero-order chi connectivity index (χ0) is 14.8. The van der Waals surface area contributed by atoms with Gasteiger partial charge in [0.15, 0.2) is 0 Å². The average molecular weight is 281 g/mol. The number of hydrogen-bond acceptors (Lipinski definition) is 4. The third kappa shape index (κ3) is 2.55. The molecular weight excluding hydrogens is 266 g/mol. The highest BCUT2D eigenvalue weighted by Gasteiger charge is 2.13. The Hall–Kier alpha value is -2.89. The summed E-state index contributed by atoms with van der Waals surface area (Å²) in [6.07, 6.45) is 1.55. The summed E-state index contributed by atoms with van der Waals surface area (Å²) in [5, 5.41) is 5.75. The summed E-state index contributed by atoms with van der Waals surface area (Å²) in [5.41, 5.74) is 3.74. The number of hydrogen-bond donors (Lipinski definition) is 3. The van der Waals surface area contributed by atoms with Crippen molar-refractivity contribution in [2.45, 2.75) is 6.92 Å². The molecule has 0 spiro atoms. The molecule has 0 atom stereocenters. The molecule has 0 bridgehead atoms. The number of benzene rings is 1. The minimum atomic E-state index is -0.258. The van der Waals surface area contributed by atoms with Gasteiger partial charge < -0.3 is 10.3 Å². The molecule has 0 radical (unpaired) electrons. The predicted octanol–water partition coefficient (Wildman–Crippen LogP) is 2.56. The zero-order valence-corrected chi connectivity index (χ0v) is 11.8. The molecule has 0 saturated carbocycles. The van der Waals surface area contributed by atoms with Crippen LogP contribution >= 0.6 is 0 Å².